The Kier molecular flexibility index (Phi) is 4.76. The summed E-state index contributed by atoms with van der Waals surface area (Å²) in [6.07, 6.45) is 8.47. The normalized spacial score (nSPS) is 32.9. The van der Waals surface area contributed by atoms with E-state index in [0.717, 1.165) is 38.0 Å². The van der Waals surface area contributed by atoms with Crippen LogP contribution in [0.3, 0.4) is 0 Å². The molecule has 4 rings (SSSR count). The van der Waals surface area contributed by atoms with Crippen LogP contribution in [0.1, 0.15) is 58.3 Å². The molecule has 2 bridgehead atoms. The van der Waals surface area contributed by atoms with E-state index in [1.165, 1.54) is 19.3 Å². The quantitative estimate of drug-likeness (QED) is 0.787. The summed E-state index contributed by atoms with van der Waals surface area (Å²) < 4.78 is 27.5. The Bertz CT molecular complexity index is 530. The van der Waals surface area contributed by atoms with Gasteiger partial charge in [-0.2, -0.15) is 0 Å². The molecule has 0 unspecified atom stereocenters. The summed E-state index contributed by atoms with van der Waals surface area (Å²) in [6, 6.07) is 0.183. The van der Waals surface area contributed by atoms with Gasteiger partial charge < -0.3 is 4.90 Å². The number of amides is 1. The summed E-state index contributed by atoms with van der Waals surface area (Å²) in [7, 11) is -1.35. The van der Waals surface area contributed by atoms with E-state index in [2.05, 4.69) is 0 Å². The van der Waals surface area contributed by atoms with Crippen molar-refractivity contribution < 1.29 is 13.2 Å². The average Bonchev–Trinajstić information content (AvgIpc) is 2.55. The molecule has 3 saturated carbocycles. The SMILES string of the molecule is CC(=O)N(C)C1CCN(S(=O)(=O)CC23CCC(CC2)CC3)CC1. The van der Waals surface area contributed by atoms with E-state index in [4.69, 9.17) is 0 Å². The molecule has 1 amide bonds. The zero-order valence-corrected chi connectivity index (χ0v) is 15.3. The van der Waals surface area contributed by atoms with Crippen molar-refractivity contribution in [3.63, 3.8) is 0 Å². The van der Waals surface area contributed by atoms with Crippen LogP contribution < -0.4 is 0 Å². The number of fused-ring (bicyclic) bond motifs is 3. The predicted octanol–water partition coefficient (Wildman–Crippen LogP) is 2.23. The zero-order valence-electron chi connectivity index (χ0n) is 14.5. The highest BCUT2D eigenvalue weighted by Crippen LogP contribution is 2.51. The van der Waals surface area contributed by atoms with Crippen LogP contribution in [-0.2, 0) is 14.8 Å². The van der Waals surface area contributed by atoms with Crippen molar-refractivity contribution in [2.45, 2.75) is 64.3 Å². The first-order chi connectivity index (χ1) is 10.8. The number of hydrogen-bond acceptors (Lipinski definition) is 3. The van der Waals surface area contributed by atoms with Gasteiger partial charge in [0.25, 0.3) is 0 Å². The Balaban J connectivity index is 1.60. The lowest BCUT2D eigenvalue weighted by Crippen LogP contribution is -2.49. The van der Waals surface area contributed by atoms with Gasteiger partial charge >= 0.3 is 0 Å². The number of sulfonamides is 1. The first kappa shape index (κ1) is 17.2. The molecule has 132 valence electrons. The van der Waals surface area contributed by atoms with Gasteiger partial charge in [-0.15, -0.1) is 0 Å². The van der Waals surface area contributed by atoms with Gasteiger partial charge in [0.05, 0.1) is 5.75 Å². The summed E-state index contributed by atoms with van der Waals surface area (Å²) >= 11 is 0. The second kappa shape index (κ2) is 6.36. The third-order valence-corrected chi connectivity index (χ3v) is 8.73. The number of carbonyl (C=O) groups excluding carboxylic acids is 1. The Morgan fingerprint density at radius 1 is 1.09 bits per heavy atom. The van der Waals surface area contributed by atoms with Gasteiger partial charge in [0, 0.05) is 33.1 Å². The second-order valence-corrected chi connectivity index (χ2v) is 9.97. The summed E-state index contributed by atoms with van der Waals surface area (Å²) in [5.74, 6) is 1.27. The minimum absolute atomic E-state index is 0.0562. The fraction of sp³-hybridized carbons (Fsp3) is 0.941. The van der Waals surface area contributed by atoms with Crippen LogP contribution in [0, 0.1) is 11.3 Å². The second-order valence-electron chi connectivity index (χ2n) is 8.00. The van der Waals surface area contributed by atoms with Crippen LogP contribution in [-0.4, -0.2) is 55.5 Å². The molecule has 6 heteroatoms. The van der Waals surface area contributed by atoms with Gasteiger partial charge in [-0.1, -0.05) is 0 Å². The van der Waals surface area contributed by atoms with Crippen molar-refractivity contribution in [3.05, 3.63) is 0 Å². The Labute approximate surface area is 140 Å². The maximum absolute atomic E-state index is 12.9. The summed E-state index contributed by atoms with van der Waals surface area (Å²) in [4.78, 5) is 13.2. The van der Waals surface area contributed by atoms with Gasteiger partial charge in [0.15, 0.2) is 0 Å². The van der Waals surface area contributed by atoms with Gasteiger partial charge in [0.2, 0.25) is 15.9 Å². The van der Waals surface area contributed by atoms with Gasteiger partial charge in [-0.05, 0) is 62.7 Å². The summed E-state index contributed by atoms with van der Waals surface area (Å²) in [6.45, 7) is 2.69. The van der Waals surface area contributed by atoms with Gasteiger partial charge in [-0.3, -0.25) is 4.79 Å². The molecular weight excluding hydrogens is 312 g/mol. The molecular formula is C17H30N2O3S. The number of piperidine rings is 1. The number of nitrogens with zero attached hydrogens (tertiary/aromatic N) is 2. The lowest BCUT2D eigenvalue weighted by molar-refractivity contribution is -0.130. The van der Waals surface area contributed by atoms with E-state index in [1.54, 1.807) is 16.1 Å². The first-order valence-corrected chi connectivity index (χ1v) is 10.6. The Hall–Kier alpha value is -0.620. The van der Waals surface area contributed by atoms with Crippen LogP contribution in [0.2, 0.25) is 0 Å². The molecule has 3 aliphatic carbocycles. The molecule has 1 heterocycles. The van der Waals surface area contributed by atoms with Crippen LogP contribution in [0.4, 0.5) is 0 Å². The maximum atomic E-state index is 12.9. The molecule has 1 saturated heterocycles. The topological polar surface area (TPSA) is 57.7 Å². The van der Waals surface area contributed by atoms with Crippen molar-refractivity contribution in [2.75, 3.05) is 25.9 Å². The molecule has 0 N–H and O–H groups in total. The van der Waals surface area contributed by atoms with Crippen molar-refractivity contribution in [1.29, 1.82) is 0 Å². The minimum Gasteiger partial charge on any atom is -0.343 e. The smallest absolute Gasteiger partial charge is 0.219 e. The van der Waals surface area contributed by atoms with Crippen LogP contribution in [0.25, 0.3) is 0 Å². The van der Waals surface area contributed by atoms with E-state index in [9.17, 15) is 13.2 Å². The average molecular weight is 343 g/mol. The molecule has 23 heavy (non-hydrogen) atoms. The molecule has 4 aliphatic rings. The van der Waals surface area contributed by atoms with Crippen LogP contribution in [0.15, 0.2) is 0 Å². The van der Waals surface area contributed by atoms with E-state index in [1.807, 2.05) is 7.05 Å². The molecule has 0 spiro atoms. The summed E-state index contributed by atoms with van der Waals surface area (Å²) in [5, 5.41) is 0. The molecule has 4 fully saturated rings. The largest absolute Gasteiger partial charge is 0.343 e. The van der Waals surface area contributed by atoms with Crippen LogP contribution >= 0.6 is 0 Å². The minimum atomic E-state index is -3.17. The lowest BCUT2D eigenvalue weighted by atomic mass is 9.62. The molecule has 0 aromatic rings. The third-order valence-electron chi connectivity index (χ3n) is 6.60. The molecule has 5 nitrogen and oxygen atoms in total. The molecule has 1 aliphatic heterocycles. The highest BCUT2D eigenvalue weighted by molar-refractivity contribution is 7.89. The van der Waals surface area contributed by atoms with E-state index >= 15 is 0 Å². The molecule has 0 aromatic carbocycles. The van der Waals surface area contributed by atoms with E-state index in [-0.39, 0.29) is 17.4 Å². The third kappa shape index (κ3) is 3.58. The highest BCUT2D eigenvalue weighted by Gasteiger charge is 2.44. The molecule has 0 atom stereocenters. The predicted molar refractivity (Wildman–Crippen MR) is 90.5 cm³/mol. The highest BCUT2D eigenvalue weighted by atomic mass is 32.2. The monoisotopic (exact) mass is 342 g/mol. The van der Waals surface area contributed by atoms with Crippen molar-refractivity contribution in [2.24, 2.45) is 11.3 Å². The van der Waals surface area contributed by atoms with E-state index < -0.39 is 10.0 Å². The maximum Gasteiger partial charge on any atom is 0.219 e. The number of rotatable bonds is 4. The fourth-order valence-electron chi connectivity index (χ4n) is 4.80. The Morgan fingerprint density at radius 3 is 2.09 bits per heavy atom. The molecule has 0 radical (unpaired) electrons. The van der Waals surface area contributed by atoms with Gasteiger partial charge in [0.1, 0.15) is 0 Å². The van der Waals surface area contributed by atoms with Crippen LogP contribution in [0.5, 0.6) is 0 Å². The van der Waals surface area contributed by atoms with Crippen molar-refractivity contribution in [3.8, 4) is 0 Å². The van der Waals surface area contributed by atoms with Crippen molar-refractivity contribution >= 4 is 15.9 Å². The number of carbonyl (C=O) groups is 1. The summed E-state index contributed by atoms with van der Waals surface area (Å²) in [5.41, 5.74) is 0.0562. The lowest BCUT2D eigenvalue weighted by Gasteiger charge is -2.47. The Morgan fingerprint density at radius 2 is 1.61 bits per heavy atom. The number of hydrogen-bond donors (Lipinski definition) is 0. The van der Waals surface area contributed by atoms with Gasteiger partial charge in [-0.25, -0.2) is 12.7 Å². The standard InChI is InChI=1S/C17H30N2O3S/c1-14(20)18(2)16-6-11-19(12-7-16)23(21,22)13-17-8-3-15(4-9-17)5-10-17/h15-16H,3-13H2,1-2H3. The fourth-order valence-corrected chi connectivity index (χ4v) is 6.96. The first-order valence-electron chi connectivity index (χ1n) is 9.03. The van der Waals surface area contributed by atoms with Crippen molar-refractivity contribution in [1.82, 2.24) is 9.21 Å². The zero-order chi connectivity index (χ0) is 16.7. The van der Waals surface area contributed by atoms with E-state index in [0.29, 0.717) is 18.8 Å². The molecule has 0 aromatic heterocycles.